The minimum absolute atomic E-state index is 0.0828. The molecule has 3 saturated heterocycles. The van der Waals surface area contributed by atoms with Crippen molar-refractivity contribution in [2.45, 2.75) is 36.2 Å². The summed E-state index contributed by atoms with van der Waals surface area (Å²) in [5.74, 6) is -0.142. The molecular formula is C15H19N3O5S2. The second-order valence-corrected chi connectivity index (χ2v) is 10.4. The van der Waals surface area contributed by atoms with Crippen LogP contribution >= 0.6 is 0 Å². The number of hydrogen-bond acceptors (Lipinski definition) is 5. The molecule has 0 aromatic heterocycles. The molecule has 3 heterocycles. The van der Waals surface area contributed by atoms with Crippen LogP contribution in [-0.2, 0) is 24.8 Å². The lowest BCUT2D eigenvalue weighted by atomic mass is 10.2. The summed E-state index contributed by atoms with van der Waals surface area (Å²) in [7, 11) is -7.10. The summed E-state index contributed by atoms with van der Waals surface area (Å²) in [6, 6.07) is 5.01. The molecule has 0 aliphatic carbocycles. The number of piperazine rings is 1. The largest absolute Gasteiger partial charge is 0.353 e. The Morgan fingerprint density at radius 3 is 2.48 bits per heavy atom. The Morgan fingerprint density at radius 1 is 1.12 bits per heavy atom. The molecule has 3 fully saturated rings. The van der Waals surface area contributed by atoms with Gasteiger partial charge in [-0.15, -0.1) is 0 Å². The van der Waals surface area contributed by atoms with Gasteiger partial charge in [0.1, 0.15) is 6.04 Å². The molecule has 1 N–H and O–H groups in total. The molecule has 2 unspecified atom stereocenters. The molecule has 2 atom stereocenters. The van der Waals surface area contributed by atoms with E-state index in [-0.39, 0.29) is 22.6 Å². The summed E-state index contributed by atoms with van der Waals surface area (Å²) >= 11 is 0. The maximum Gasteiger partial charge on any atom is 0.244 e. The van der Waals surface area contributed by atoms with Gasteiger partial charge in [-0.25, -0.2) is 16.8 Å². The van der Waals surface area contributed by atoms with E-state index in [1.54, 1.807) is 0 Å². The molecule has 3 aliphatic rings. The van der Waals surface area contributed by atoms with Gasteiger partial charge in [0.2, 0.25) is 26.0 Å². The first-order valence-corrected chi connectivity index (χ1v) is 11.3. The van der Waals surface area contributed by atoms with E-state index in [9.17, 15) is 21.6 Å². The van der Waals surface area contributed by atoms with Crippen LogP contribution in [0.1, 0.15) is 19.3 Å². The molecule has 0 saturated carbocycles. The van der Waals surface area contributed by atoms with Gasteiger partial charge in [0.15, 0.2) is 0 Å². The van der Waals surface area contributed by atoms with Crippen molar-refractivity contribution in [3.8, 4) is 0 Å². The number of fused-ring (bicyclic) bond motifs is 2. The van der Waals surface area contributed by atoms with E-state index in [0.29, 0.717) is 38.0 Å². The molecule has 25 heavy (non-hydrogen) atoms. The van der Waals surface area contributed by atoms with Gasteiger partial charge < -0.3 is 5.32 Å². The molecule has 2 bridgehead atoms. The Bertz CT molecular complexity index is 911. The van der Waals surface area contributed by atoms with Crippen molar-refractivity contribution < 1.29 is 21.6 Å². The average molecular weight is 385 g/mol. The van der Waals surface area contributed by atoms with E-state index < -0.39 is 26.1 Å². The lowest BCUT2D eigenvalue weighted by molar-refractivity contribution is -0.126. The molecule has 0 spiro atoms. The normalized spacial score (nSPS) is 29.0. The maximum atomic E-state index is 13.0. The topological polar surface area (TPSA) is 104 Å². The van der Waals surface area contributed by atoms with E-state index in [1.807, 2.05) is 0 Å². The summed E-state index contributed by atoms with van der Waals surface area (Å²) in [5.41, 5.74) is 0.468. The number of anilines is 1. The SMILES string of the molecule is O=C1NCC2CCC1N2S(=O)(=O)c1ccc(N2CCCS2(=O)=O)cc1. The Kier molecular flexibility index (Phi) is 3.82. The van der Waals surface area contributed by atoms with Gasteiger partial charge in [-0.05, 0) is 43.5 Å². The summed E-state index contributed by atoms with van der Waals surface area (Å²) in [6.07, 6.45) is 1.75. The molecule has 0 radical (unpaired) electrons. The van der Waals surface area contributed by atoms with Crippen molar-refractivity contribution in [3.05, 3.63) is 24.3 Å². The van der Waals surface area contributed by atoms with Gasteiger partial charge in [-0.2, -0.15) is 4.31 Å². The van der Waals surface area contributed by atoms with Crippen LogP contribution in [0, 0.1) is 0 Å². The van der Waals surface area contributed by atoms with Crippen LogP contribution in [-0.4, -0.2) is 58.0 Å². The second-order valence-electron chi connectivity index (χ2n) is 6.56. The average Bonchev–Trinajstić information content (AvgIpc) is 3.11. The monoisotopic (exact) mass is 385 g/mol. The number of nitrogens with zero attached hydrogens (tertiary/aromatic N) is 2. The van der Waals surface area contributed by atoms with E-state index in [4.69, 9.17) is 0 Å². The third-order valence-electron chi connectivity index (χ3n) is 5.05. The van der Waals surface area contributed by atoms with Crippen molar-refractivity contribution in [3.63, 3.8) is 0 Å². The van der Waals surface area contributed by atoms with Crippen molar-refractivity contribution in [2.75, 3.05) is 23.1 Å². The number of sulfonamides is 2. The molecule has 8 nitrogen and oxygen atoms in total. The van der Waals surface area contributed by atoms with Crippen molar-refractivity contribution >= 4 is 31.6 Å². The molecular weight excluding hydrogens is 366 g/mol. The first-order chi connectivity index (χ1) is 11.8. The van der Waals surface area contributed by atoms with E-state index in [1.165, 1.54) is 32.9 Å². The van der Waals surface area contributed by atoms with E-state index in [0.717, 1.165) is 0 Å². The van der Waals surface area contributed by atoms with Gasteiger partial charge >= 0.3 is 0 Å². The molecule has 10 heteroatoms. The van der Waals surface area contributed by atoms with Crippen LogP contribution in [0.4, 0.5) is 5.69 Å². The fraction of sp³-hybridized carbons (Fsp3) is 0.533. The first-order valence-electron chi connectivity index (χ1n) is 8.22. The zero-order valence-corrected chi connectivity index (χ0v) is 15.1. The number of rotatable bonds is 3. The Morgan fingerprint density at radius 2 is 1.84 bits per heavy atom. The van der Waals surface area contributed by atoms with Crippen molar-refractivity contribution in [1.29, 1.82) is 0 Å². The summed E-state index contributed by atoms with van der Waals surface area (Å²) in [6.45, 7) is 0.740. The van der Waals surface area contributed by atoms with Crippen molar-refractivity contribution in [1.82, 2.24) is 9.62 Å². The Labute approximate surface area is 146 Å². The molecule has 3 aliphatic heterocycles. The van der Waals surface area contributed by atoms with Crippen molar-refractivity contribution in [2.24, 2.45) is 0 Å². The van der Waals surface area contributed by atoms with Crippen LogP contribution in [0.15, 0.2) is 29.2 Å². The van der Waals surface area contributed by atoms with Gasteiger partial charge in [0.25, 0.3) is 0 Å². The fourth-order valence-electron chi connectivity index (χ4n) is 3.83. The number of carbonyl (C=O) groups excluding carboxylic acids is 1. The number of benzene rings is 1. The van der Waals surface area contributed by atoms with Gasteiger partial charge in [-0.3, -0.25) is 9.10 Å². The van der Waals surface area contributed by atoms with Crippen LogP contribution in [0.25, 0.3) is 0 Å². The maximum absolute atomic E-state index is 13.0. The molecule has 136 valence electrons. The van der Waals surface area contributed by atoms with Crippen LogP contribution in [0.2, 0.25) is 0 Å². The van der Waals surface area contributed by atoms with E-state index in [2.05, 4.69) is 5.32 Å². The summed E-state index contributed by atoms with van der Waals surface area (Å²) in [5, 5.41) is 2.73. The third-order valence-corrected chi connectivity index (χ3v) is 8.90. The highest BCUT2D eigenvalue weighted by molar-refractivity contribution is 7.93. The fourth-order valence-corrected chi connectivity index (χ4v) is 7.23. The van der Waals surface area contributed by atoms with Gasteiger partial charge in [-0.1, -0.05) is 0 Å². The quantitative estimate of drug-likeness (QED) is 0.781. The molecule has 1 aromatic rings. The lowest BCUT2D eigenvalue weighted by Gasteiger charge is -2.33. The number of nitrogens with one attached hydrogen (secondary N) is 1. The highest BCUT2D eigenvalue weighted by Gasteiger charge is 2.48. The highest BCUT2D eigenvalue weighted by Crippen LogP contribution is 2.34. The van der Waals surface area contributed by atoms with E-state index >= 15 is 0 Å². The molecule has 4 rings (SSSR count). The number of amides is 1. The lowest BCUT2D eigenvalue weighted by Crippen LogP contribution is -2.57. The second kappa shape index (κ2) is 5.68. The predicted molar refractivity (Wildman–Crippen MR) is 91.0 cm³/mol. The Balaban J connectivity index is 1.65. The predicted octanol–water partition coefficient (Wildman–Crippen LogP) is -0.122. The first kappa shape index (κ1) is 16.8. The molecule has 1 amide bonds. The minimum atomic E-state index is -3.80. The number of hydrogen-bond donors (Lipinski definition) is 1. The summed E-state index contributed by atoms with van der Waals surface area (Å²) < 4.78 is 52.5. The smallest absolute Gasteiger partial charge is 0.244 e. The Hall–Kier alpha value is -1.65. The van der Waals surface area contributed by atoms with Gasteiger partial charge in [0, 0.05) is 19.1 Å². The third kappa shape index (κ3) is 2.63. The zero-order valence-electron chi connectivity index (χ0n) is 13.5. The van der Waals surface area contributed by atoms with Crippen LogP contribution < -0.4 is 9.62 Å². The standard InChI is InChI=1S/C15H19N3O5S2/c19-15-14-7-4-12(10-16-15)18(14)25(22,23)13-5-2-11(3-6-13)17-8-1-9-24(17,20)21/h2-3,5-6,12,14H,1,4,7-10H2,(H,16,19). The van der Waals surface area contributed by atoms with Crippen LogP contribution in [0.3, 0.4) is 0 Å². The van der Waals surface area contributed by atoms with Crippen LogP contribution in [0.5, 0.6) is 0 Å². The zero-order chi connectivity index (χ0) is 17.8. The molecule has 1 aromatic carbocycles. The minimum Gasteiger partial charge on any atom is -0.353 e. The highest BCUT2D eigenvalue weighted by atomic mass is 32.2. The van der Waals surface area contributed by atoms with Gasteiger partial charge in [0.05, 0.1) is 16.3 Å². The number of carbonyl (C=O) groups is 1. The summed E-state index contributed by atoms with van der Waals surface area (Å²) in [4.78, 5) is 12.0.